The van der Waals surface area contributed by atoms with Crippen molar-refractivity contribution in [1.82, 2.24) is 16.0 Å². The highest BCUT2D eigenvalue weighted by Crippen LogP contribution is 2.28. The van der Waals surface area contributed by atoms with Gasteiger partial charge in [0.05, 0.1) is 5.69 Å². The Morgan fingerprint density at radius 3 is 2.52 bits per heavy atom. The molecule has 1 atom stereocenters. The second-order valence-electron chi connectivity index (χ2n) is 6.65. The third kappa shape index (κ3) is 6.88. The smallest absolute Gasteiger partial charge is 0.251 e. The molecule has 0 aromatic heterocycles. The lowest BCUT2D eigenvalue weighted by atomic mass is 10.2. The van der Waals surface area contributed by atoms with Crippen LogP contribution in [0.25, 0.3) is 0 Å². The molecule has 0 radical (unpaired) electrons. The summed E-state index contributed by atoms with van der Waals surface area (Å²) < 4.78 is 1.12. The summed E-state index contributed by atoms with van der Waals surface area (Å²) in [5, 5.41) is 9.65. The molecule has 0 aliphatic carbocycles. The van der Waals surface area contributed by atoms with E-state index in [0.29, 0.717) is 24.7 Å². The predicted octanol–water partition coefficient (Wildman–Crippen LogP) is 3.24. The van der Waals surface area contributed by atoms with Crippen molar-refractivity contribution < 1.29 is 4.79 Å². The van der Waals surface area contributed by atoms with Gasteiger partial charge in [-0.2, -0.15) is 0 Å². The lowest BCUT2D eigenvalue weighted by Gasteiger charge is -2.21. The van der Waals surface area contributed by atoms with E-state index in [-0.39, 0.29) is 29.9 Å². The molecule has 1 fully saturated rings. The topological polar surface area (TPSA) is 68.8 Å². The van der Waals surface area contributed by atoms with Crippen LogP contribution < -0.4 is 20.9 Å². The minimum absolute atomic E-state index is 0. The van der Waals surface area contributed by atoms with Gasteiger partial charge in [-0.05, 0) is 46.6 Å². The van der Waals surface area contributed by atoms with E-state index in [9.17, 15) is 4.79 Å². The summed E-state index contributed by atoms with van der Waals surface area (Å²) in [4.78, 5) is 18.7. The van der Waals surface area contributed by atoms with Gasteiger partial charge in [0.15, 0.2) is 5.96 Å². The lowest BCUT2D eigenvalue weighted by Crippen LogP contribution is -2.46. The summed E-state index contributed by atoms with van der Waals surface area (Å²) in [7, 11) is 1.76. The minimum atomic E-state index is -0.0646. The zero-order chi connectivity index (χ0) is 19.8. The maximum absolute atomic E-state index is 12.0. The maximum atomic E-state index is 12.0. The molecule has 0 spiro atoms. The summed E-state index contributed by atoms with van der Waals surface area (Å²) in [5.41, 5.74) is 1.89. The summed E-state index contributed by atoms with van der Waals surface area (Å²) in [6.45, 7) is 3.07. The standard InChI is InChI=1S/C21H26BrN5O.HI/c1-23-21(25-13-12-24-20(28)16-7-3-2-4-8-16)26-17-11-14-27(15-17)19-10-6-5-9-18(19)22;/h2-10,17H,11-15H2,1H3,(H,24,28)(H2,23,25,26);1H. The zero-order valence-electron chi connectivity index (χ0n) is 16.4. The average molecular weight is 572 g/mol. The monoisotopic (exact) mass is 571 g/mol. The van der Waals surface area contributed by atoms with Crippen LogP contribution in [0, 0.1) is 0 Å². The van der Waals surface area contributed by atoms with Crippen LogP contribution in [-0.2, 0) is 0 Å². The Bertz CT molecular complexity index is 818. The van der Waals surface area contributed by atoms with Gasteiger partial charge >= 0.3 is 0 Å². The molecule has 6 nitrogen and oxygen atoms in total. The molecule has 29 heavy (non-hydrogen) atoms. The van der Waals surface area contributed by atoms with Crippen molar-refractivity contribution in [1.29, 1.82) is 0 Å². The van der Waals surface area contributed by atoms with Crippen molar-refractivity contribution in [3.05, 3.63) is 64.6 Å². The lowest BCUT2D eigenvalue weighted by molar-refractivity contribution is 0.0954. The molecule has 2 aromatic carbocycles. The van der Waals surface area contributed by atoms with Crippen molar-refractivity contribution in [2.75, 3.05) is 38.1 Å². The largest absolute Gasteiger partial charge is 0.368 e. The molecule has 1 unspecified atom stereocenters. The summed E-state index contributed by atoms with van der Waals surface area (Å²) in [5.74, 6) is 0.693. The number of carbonyl (C=O) groups is 1. The van der Waals surface area contributed by atoms with E-state index >= 15 is 0 Å². The van der Waals surface area contributed by atoms with Gasteiger partial charge in [0, 0.05) is 49.3 Å². The number of nitrogens with one attached hydrogen (secondary N) is 3. The molecule has 1 aliphatic rings. The van der Waals surface area contributed by atoms with Crippen LogP contribution in [0.3, 0.4) is 0 Å². The van der Waals surface area contributed by atoms with E-state index in [4.69, 9.17) is 0 Å². The summed E-state index contributed by atoms with van der Waals surface area (Å²) in [6, 6.07) is 17.9. The number of para-hydroxylation sites is 1. The van der Waals surface area contributed by atoms with Crippen molar-refractivity contribution in [3.8, 4) is 0 Å². The first-order valence-corrected chi connectivity index (χ1v) is 10.3. The van der Waals surface area contributed by atoms with Crippen molar-refractivity contribution in [2.24, 2.45) is 4.99 Å². The quantitative estimate of drug-likeness (QED) is 0.215. The van der Waals surface area contributed by atoms with Crippen LogP contribution in [0.2, 0.25) is 0 Å². The Morgan fingerprint density at radius 2 is 1.79 bits per heavy atom. The number of rotatable bonds is 6. The van der Waals surface area contributed by atoms with Crippen LogP contribution in [0.4, 0.5) is 5.69 Å². The first-order chi connectivity index (χ1) is 13.7. The molecule has 2 aromatic rings. The van der Waals surface area contributed by atoms with Gasteiger partial charge in [-0.3, -0.25) is 9.79 Å². The van der Waals surface area contributed by atoms with Crippen LogP contribution in [0.1, 0.15) is 16.8 Å². The Labute approximate surface area is 197 Å². The van der Waals surface area contributed by atoms with Crippen LogP contribution in [0.5, 0.6) is 0 Å². The second kappa shape index (κ2) is 12.0. The minimum Gasteiger partial charge on any atom is -0.368 e. The van der Waals surface area contributed by atoms with E-state index in [0.717, 1.165) is 29.9 Å². The Hall–Kier alpha value is -1.81. The number of hydrogen-bond acceptors (Lipinski definition) is 3. The van der Waals surface area contributed by atoms with Crippen LogP contribution >= 0.6 is 39.9 Å². The van der Waals surface area contributed by atoms with Gasteiger partial charge in [0.2, 0.25) is 0 Å². The number of nitrogens with zero attached hydrogens (tertiary/aromatic N) is 2. The number of anilines is 1. The molecule has 3 N–H and O–H groups in total. The van der Waals surface area contributed by atoms with Crippen molar-refractivity contribution >= 4 is 57.5 Å². The fourth-order valence-electron chi connectivity index (χ4n) is 3.24. The van der Waals surface area contributed by atoms with Gasteiger partial charge in [-0.25, -0.2) is 0 Å². The normalized spacial score (nSPS) is 16.1. The first-order valence-electron chi connectivity index (χ1n) is 9.47. The number of halogens is 2. The third-order valence-corrected chi connectivity index (χ3v) is 5.36. The molecule has 0 saturated carbocycles. The highest BCUT2D eigenvalue weighted by Gasteiger charge is 2.24. The Kier molecular flexibility index (Phi) is 9.72. The van der Waals surface area contributed by atoms with E-state index in [1.54, 1.807) is 19.2 Å². The molecule has 1 aliphatic heterocycles. The number of amides is 1. The SMILES string of the molecule is CN=C(NCCNC(=O)c1ccccc1)NC1CCN(c2ccccc2Br)C1.I. The van der Waals surface area contributed by atoms with Gasteiger partial charge < -0.3 is 20.9 Å². The highest BCUT2D eigenvalue weighted by molar-refractivity contribution is 14.0. The van der Waals surface area contributed by atoms with Crippen molar-refractivity contribution in [3.63, 3.8) is 0 Å². The fraction of sp³-hybridized carbons (Fsp3) is 0.333. The predicted molar refractivity (Wildman–Crippen MR) is 133 cm³/mol. The van der Waals surface area contributed by atoms with Crippen molar-refractivity contribution in [2.45, 2.75) is 12.5 Å². The molecule has 156 valence electrons. The Balaban J connectivity index is 0.00000300. The van der Waals surface area contributed by atoms with E-state index < -0.39 is 0 Å². The number of guanidine groups is 1. The molecule has 1 amide bonds. The number of aliphatic imine (C=N–C) groups is 1. The molecular formula is C21H27BrIN5O. The molecular weight excluding hydrogens is 545 g/mol. The molecule has 3 rings (SSSR count). The van der Waals surface area contributed by atoms with E-state index in [1.165, 1.54) is 5.69 Å². The van der Waals surface area contributed by atoms with Gasteiger partial charge in [0.25, 0.3) is 5.91 Å². The molecule has 0 bridgehead atoms. The van der Waals surface area contributed by atoms with Gasteiger partial charge in [-0.15, -0.1) is 24.0 Å². The average Bonchev–Trinajstić information content (AvgIpc) is 3.19. The first kappa shape index (κ1) is 23.5. The maximum Gasteiger partial charge on any atom is 0.251 e. The van der Waals surface area contributed by atoms with E-state index in [1.807, 2.05) is 24.3 Å². The third-order valence-electron chi connectivity index (χ3n) is 4.68. The van der Waals surface area contributed by atoms with Gasteiger partial charge in [-0.1, -0.05) is 30.3 Å². The second-order valence-corrected chi connectivity index (χ2v) is 7.50. The summed E-state index contributed by atoms with van der Waals surface area (Å²) in [6.07, 6.45) is 1.05. The molecule has 8 heteroatoms. The van der Waals surface area contributed by atoms with Crippen LogP contribution in [0.15, 0.2) is 64.1 Å². The number of benzene rings is 2. The van der Waals surface area contributed by atoms with Gasteiger partial charge in [0.1, 0.15) is 0 Å². The summed E-state index contributed by atoms with van der Waals surface area (Å²) >= 11 is 3.63. The highest BCUT2D eigenvalue weighted by atomic mass is 127. The molecule has 1 saturated heterocycles. The molecule has 1 heterocycles. The Morgan fingerprint density at radius 1 is 1.10 bits per heavy atom. The number of hydrogen-bond donors (Lipinski definition) is 3. The zero-order valence-corrected chi connectivity index (χ0v) is 20.3. The van der Waals surface area contributed by atoms with E-state index in [2.05, 4.69) is 60.0 Å². The number of carbonyl (C=O) groups excluding carboxylic acids is 1. The van der Waals surface area contributed by atoms with Crippen LogP contribution in [-0.4, -0.2) is 51.1 Å². The fourth-order valence-corrected chi connectivity index (χ4v) is 3.78.